The van der Waals surface area contributed by atoms with Crippen molar-refractivity contribution in [1.82, 2.24) is 15.1 Å². The summed E-state index contributed by atoms with van der Waals surface area (Å²) in [5.74, 6) is 0.0146. The van der Waals surface area contributed by atoms with Crippen LogP contribution >= 0.6 is 0 Å². The number of benzene rings is 2. The number of nitrogens with zero attached hydrogens (tertiary/aromatic N) is 1. The first-order valence-corrected chi connectivity index (χ1v) is 9.97. The molecule has 0 bridgehead atoms. The minimum Gasteiger partial charge on any atom is -0.494 e. The maximum absolute atomic E-state index is 12.4. The predicted octanol–water partition coefficient (Wildman–Crippen LogP) is 0.827. The summed E-state index contributed by atoms with van der Waals surface area (Å²) in [6.45, 7) is 1.87. The van der Waals surface area contributed by atoms with Gasteiger partial charge in [0.2, 0.25) is 0 Å². The zero-order valence-corrected chi connectivity index (χ0v) is 17.5. The lowest BCUT2D eigenvalue weighted by Gasteiger charge is -2.10. The van der Waals surface area contributed by atoms with Crippen LogP contribution in [0.4, 0.5) is 0 Å². The molecular formula is C22H23N3O7. The molecule has 0 saturated heterocycles. The standard InChI is InChI=1S/C22H23N3O7/c1-2-30-15-7-9-16(10-8-15)31-12-11-23-19(26)14-32-20(27)13-25-22(29)18-6-4-3-5-17(18)21(28)24-25/h3-10H,2,11-14H2,1H3,(H,23,26)(H,24,28). The number of nitrogens with one attached hydrogen (secondary N) is 2. The Morgan fingerprint density at radius 2 is 1.62 bits per heavy atom. The number of aromatic amines is 1. The molecule has 0 atom stereocenters. The molecule has 10 nitrogen and oxygen atoms in total. The van der Waals surface area contributed by atoms with Crippen molar-refractivity contribution in [3.05, 3.63) is 69.2 Å². The second-order valence-electron chi connectivity index (χ2n) is 6.64. The summed E-state index contributed by atoms with van der Waals surface area (Å²) in [7, 11) is 0. The quantitative estimate of drug-likeness (QED) is 0.352. The molecule has 2 N–H and O–H groups in total. The summed E-state index contributed by atoms with van der Waals surface area (Å²) >= 11 is 0. The Morgan fingerprint density at radius 3 is 2.31 bits per heavy atom. The molecule has 3 rings (SSSR count). The van der Waals surface area contributed by atoms with E-state index in [1.807, 2.05) is 6.92 Å². The molecule has 1 amide bonds. The van der Waals surface area contributed by atoms with Crippen LogP contribution in [0.3, 0.4) is 0 Å². The van der Waals surface area contributed by atoms with E-state index in [-0.39, 0.29) is 23.9 Å². The number of hydrogen-bond donors (Lipinski definition) is 2. The Hall–Kier alpha value is -4.08. The first kappa shape index (κ1) is 22.6. The SMILES string of the molecule is CCOc1ccc(OCCNC(=O)COC(=O)Cn2[nH]c(=O)c3ccccc3c2=O)cc1. The van der Waals surface area contributed by atoms with Crippen molar-refractivity contribution < 1.29 is 23.8 Å². The van der Waals surface area contributed by atoms with Crippen molar-refractivity contribution >= 4 is 22.6 Å². The van der Waals surface area contributed by atoms with E-state index in [9.17, 15) is 19.2 Å². The predicted molar refractivity (Wildman–Crippen MR) is 116 cm³/mol. The van der Waals surface area contributed by atoms with Gasteiger partial charge in [-0.05, 0) is 43.3 Å². The van der Waals surface area contributed by atoms with Gasteiger partial charge in [-0.3, -0.25) is 24.3 Å². The molecule has 0 fully saturated rings. The van der Waals surface area contributed by atoms with Gasteiger partial charge in [-0.25, -0.2) is 4.68 Å². The molecule has 168 valence electrons. The highest BCUT2D eigenvalue weighted by molar-refractivity contribution is 5.81. The van der Waals surface area contributed by atoms with Gasteiger partial charge < -0.3 is 19.5 Å². The summed E-state index contributed by atoms with van der Waals surface area (Å²) in [6, 6.07) is 13.4. The highest BCUT2D eigenvalue weighted by Crippen LogP contribution is 2.17. The molecule has 0 unspecified atom stereocenters. The Morgan fingerprint density at radius 1 is 0.969 bits per heavy atom. The van der Waals surface area contributed by atoms with Crippen LogP contribution in [0, 0.1) is 0 Å². The van der Waals surface area contributed by atoms with E-state index in [1.165, 1.54) is 12.1 Å². The first-order chi connectivity index (χ1) is 15.5. The van der Waals surface area contributed by atoms with E-state index in [0.29, 0.717) is 12.4 Å². The summed E-state index contributed by atoms with van der Waals surface area (Å²) < 4.78 is 16.6. The van der Waals surface area contributed by atoms with Crippen LogP contribution in [0.1, 0.15) is 6.92 Å². The molecule has 0 radical (unpaired) electrons. The first-order valence-electron chi connectivity index (χ1n) is 9.97. The van der Waals surface area contributed by atoms with Gasteiger partial charge in [0.1, 0.15) is 24.7 Å². The molecule has 0 saturated carbocycles. The summed E-state index contributed by atoms with van der Waals surface area (Å²) in [6.07, 6.45) is 0. The van der Waals surface area contributed by atoms with Crippen molar-refractivity contribution in [1.29, 1.82) is 0 Å². The fourth-order valence-electron chi connectivity index (χ4n) is 2.89. The van der Waals surface area contributed by atoms with Crippen molar-refractivity contribution in [2.45, 2.75) is 13.5 Å². The smallest absolute Gasteiger partial charge is 0.328 e. The summed E-state index contributed by atoms with van der Waals surface area (Å²) in [5.41, 5.74) is -1.04. The molecule has 10 heteroatoms. The lowest BCUT2D eigenvalue weighted by molar-refractivity contribution is -0.149. The number of carbonyl (C=O) groups excluding carboxylic acids is 2. The van der Waals surface area contributed by atoms with Gasteiger partial charge in [-0.2, -0.15) is 0 Å². The van der Waals surface area contributed by atoms with Gasteiger partial charge in [-0.1, -0.05) is 12.1 Å². The highest BCUT2D eigenvalue weighted by Gasteiger charge is 2.12. The van der Waals surface area contributed by atoms with Crippen LogP contribution in [0.2, 0.25) is 0 Å². The van der Waals surface area contributed by atoms with Crippen LogP contribution < -0.4 is 25.9 Å². The van der Waals surface area contributed by atoms with Gasteiger partial charge in [0, 0.05) is 0 Å². The van der Waals surface area contributed by atoms with Gasteiger partial charge in [0.15, 0.2) is 6.61 Å². The van der Waals surface area contributed by atoms with E-state index < -0.39 is 36.1 Å². The van der Waals surface area contributed by atoms with E-state index >= 15 is 0 Å². The molecular weight excluding hydrogens is 418 g/mol. The average Bonchev–Trinajstić information content (AvgIpc) is 2.80. The normalized spacial score (nSPS) is 10.5. The maximum Gasteiger partial charge on any atom is 0.328 e. The third-order valence-corrected chi connectivity index (χ3v) is 4.36. The van der Waals surface area contributed by atoms with Crippen LogP contribution in [0.15, 0.2) is 58.1 Å². The van der Waals surface area contributed by atoms with E-state index in [1.54, 1.807) is 36.4 Å². The Bertz CT molecular complexity index is 1200. The molecule has 32 heavy (non-hydrogen) atoms. The molecule has 3 aromatic rings. The van der Waals surface area contributed by atoms with E-state index in [4.69, 9.17) is 14.2 Å². The van der Waals surface area contributed by atoms with Crippen molar-refractivity contribution in [3.8, 4) is 11.5 Å². The fraction of sp³-hybridized carbons (Fsp3) is 0.273. The number of ether oxygens (including phenoxy) is 3. The zero-order chi connectivity index (χ0) is 22.9. The largest absolute Gasteiger partial charge is 0.494 e. The molecule has 0 spiro atoms. The number of rotatable bonds is 10. The van der Waals surface area contributed by atoms with Crippen molar-refractivity contribution in [3.63, 3.8) is 0 Å². The average molecular weight is 441 g/mol. The van der Waals surface area contributed by atoms with Crippen molar-refractivity contribution in [2.75, 3.05) is 26.4 Å². The van der Waals surface area contributed by atoms with Crippen LogP contribution in [0.25, 0.3) is 10.8 Å². The minimum absolute atomic E-state index is 0.189. The second kappa shape index (κ2) is 10.8. The third kappa shape index (κ3) is 5.97. The maximum atomic E-state index is 12.4. The summed E-state index contributed by atoms with van der Waals surface area (Å²) in [5, 5.41) is 5.30. The number of fused-ring (bicyclic) bond motifs is 1. The molecule has 2 aromatic carbocycles. The van der Waals surface area contributed by atoms with Crippen LogP contribution in [-0.2, 0) is 20.9 Å². The lowest BCUT2D eigenvalue weighted by atomic mass is 10.2. The highest BCUT2D eigenvalue weighted by atomic mass is 16.5. The third-order valence-electron chi connectivity index (χ3n) is 4.36. The van der Waals surface area contributed by atoms with E-state index in [0.717, 1.165) is 10.4 Å². The van der Waals surface area contributed by atoms with Gasteiger partial charge in [-0.15, -0.1) is 0 Å². The zero-order valence-electron chi connectivity index (χ0n) is 17.5. The number of H-pyrrole nitrogens is 1. The van der Waals surface area contributed by atoms with Crippen LogP contribution in [0.5, 0.6) is 11.5 Å². The monoisotopic (exact) mass is 441 g/mol. The Kier molecular flexibility index (Phi) is 7.63. The number of aromatic nitrogens is 2. The number of amides is 1. The Labute approximate surface area is 182 Å². The van der Waals surface area contributed by atoms with Crippen molar-refractivity contribution in [2.24, 2.45) is 0 Å². The molecule has 0 aliphatic rings. The van der Waals surface area contributed by atoms with Crippen LogP contribution in [-0.4, -0.2) is 48.0 Å². The second-order valence-corrected chi connectivity index (χ2v) is 6.64. The lowest BCUT2D eigenvalue weighted by Crippen LogP contribution is -2.35. The molecule has 1 heterocycles. The fourth-order valence-corrected chi connectivity index (χ4v) is 2.89. The molecule has 1 aromatic heterocycles. The van der Waals surface area contributed by atoms with Gasteiger partial charge in [0.25, 0.3) is 17.0 Å². The van der Waals surface area contributed by atoms with Gasteiger partial charge >= 0.3 is 5.97 Å². The topological polar surface area (TPSA) is 129 Å². The Balaban J connectivity index is 1.41. The number of hydrogen-bond acceptors (Lipinski definition) is 7. The number of carbonyl (C=O) groups is 2. The van der Waals surface area contributed by atoms with E-state index in [2.05, 4.69) is 10.4 Å². The molecule has 0 aliphatic carbocycles. The minimum atomic E-state index is -0.834. The molecule has 0 aliphatic heterocycles. The number of esters is 1. The summed E-state index contributed by atoms with van der Waals surface area (Å²) in [4.78, 5) is 48.3. The van der Waals surface area contributed by atoms with Gasteiger partial charge in [0.05, 0.1) is 23.9 Å².